The molecule has 0 fully saturated rings. The van der Waals surface area contributed by atoms with E-state index in [1.807, 2.05) is 36.4 Å². The summed E-state index contributed by atoms with van der Waals surface area (Å²) in [6.07, 6.45) is 3.71. The van der Waals surface area contributed by atoms with Gasteiger partial charge in [-0.05, 0) is 96.5 Å². The SMILES string of the molecule is COc1ccc(CCc2cccc(Oc3cccc(CCc4cc(OC)cc(OC)c4)c3)c2)cc1. The van der Waals surface area contributed by atoms with Crippen LogP contribution in [0.25, 0.3) is 0 Å². The number of aryl methyl sites for hydroxylation is 4. The highest BCUT2D eigenvalue weighted by Gasteiger charge is 2.05. The minimum atomic E-state index is 0.809. The Morgan fingerprint density at radius 1 is 0.400 bits per heavy atom. The van der Waals surface area contributed by atoms with Gasteiger partial charge in [0, 0.05) is 6.07 Å². The van der Waals surface area contributed by atoms with Crippen molar-refractivity contribution in [1.82, 2.24) is 0 Å². The molecule has 4 rings (SSSR count). The smallest absolute Gasteiger partial charge is 0.127 e. The molecule has 35 heavy (non-hydrogen) atoms. The van der Waals surface area contributed by atoms with Crippen molar-refractivity contribution < 1.29 is 18.9 Å². The summed E-state index contributed by atoms with van der Waals surface area (Å²) in [6, 6.07) is 30.9. The summed E-state index contributed by atoms with van der Waals surface area (Å²) in [6.45, 7) is 0. The second-order valence-corrected chi connectivity index (χ2v) is 8.47. The largest absolute Gasteiger partial charge is 0.497 e. The third-order valence-electron chi connectivity index (χ3n) is 6.01. The Bertz CT molecular complexity index is 1210. The van der Waals surface area contributed by atoms with Crippen molar-refractivity contribution >= 4 is 0 Å². The number of hydrogen-bond donors (Lipinski definition) is 0. The van der Waals surface area contributed by atoms with Gasteiger partial charge in [-0.25, -0.2) is 0 Å². The van der Waals surface area contributed by atoms with E-state index in [1.54, 1.807) is 21.3 Å². The zero-order valence-corrected chi connectivity index (χ0v) is 20.6. The third-order valence-corrected chi connectivity index (χ3v) is 6.01. The summed E-state index contributed by atoms with van der Waals surface area (Å²) < 4.78 is 22.2. The molecule has 0 spiro atoms. The van der Waals surface area contributed by atoms with Crippen LogP contribution in [0.15, 0.2) is 91.0 Å². The number of methoxy groups -OCH3 is 3. The average molecular weight is 469 g/mol. The molecule has 0 atom stereocenters. The van der Waals surface area contributed by atoms with E-state index in [9.17, 15) is 0 Å². The fourth-order valence-electron chi connectivity index (χ4n) is 4.05. The van der Waals surface area contributed by atoms with Crippen LogP contribution in [-0.4, -0.2) is 21.3 Å². The molecule has 0 radical (unpaired) electrons. The summed E-state index contributed by atoms with van der Waals surface area (Å²) in [5.74, 6) is 4.20. The second kappa shape index (κ2) is 12.0. The molecule has 0 saturated carbocycles. The second-order valence-electron chi connectivity index (χ2n) is 8.47. The number of benzene rings is 4. The predicted molar refractivity (Wildman–Crippen MR) is 140 cm³/mol. The van der Waals surface area contributed by atoms with E-state index in [2.05, 4.69) is 54.6 Å². The Hall–Kier alpha value is -3.92. The molecule has 0 heterocycles. The molecule has 0 aliphatic heterocycles. The van der Waals surface area contributed by atoms with E-state index >= 15 is 0 Å². The van der Waals surface area contributed by atoms with E-state index in [0.29, 0.717) is 0 Å². The van der Waals surface area contributed by atoms with Crippen molar-refractivity contribution in [3.63, 3.8) is 0 Å². The van der Waals surface area contributed by atoms with E-state index < -0.39 is 0 Å². The first-order valence-corrected chi connectivity index (χ1v) is 11.9. The Balaban J connectivity index is 1.36. The Morgan fingerprint density at radius 3 is 1.37 bits per heavy atom. The summed E-state index contributed by atoms with van der Waals surface area (Å²) >= 11 is 0. The Labute approximate surface area is 208 Å². The maximum absolute atomic E-state index is 6.21. The lowest BCUT2D eigenvalue weighted by Crippen LogP contribution is -1.95. The Kier molecular flexibility index (Phi) is 8.29. The Morgan fingerprint density at radius 2 is 0.857 bits per heavy atom. The minimum absolute atomic E-state index is 0.809. The zero-order valence-electron chi connectivity index (χ0n) is 20.6. The molecule has 180 valence electrons. The molecular weight excluding hydrogens is 436 g/mol. The molecule has 4 nitrogen and oxygen atoms in total. The van der Waals surface area contributed by atoms with Gasteiger partial charge in [0.2, 0.25) is 0 Å². The van der Waals surface area contributed by atoms with Gasteiger partial charge in [0.25, 0.3) is 0 Å². The van der Waals surface area contributed by atoms with Crippen molar-refractivity contribution in [3.8, 4) is 28.7 Å². The lowest BCUT2D eigenvalue weighted by atomic mass is 10.0. The van der Waals surface area contributed by atoms with E-state index in [0.717, 1.165) is 54.4 Å². The van der Waals surface area contributed by atoms with Crippen molar-refractivity contribution in [2.24, 2.45) is 0 Å². The standard InChI is InChI=1S/C31H32O4/c1-32-27-16-14-23(15-17-27)10-11-24-6-4-8-28(18-24)35-29-9-5-7-25(19-29)12-13-26-20-30(33-2)22-31(21-26)34-3/h4-9,14-22H,10-13H2,1-3H3. The molecule has 0 aliphatic rings. The van der Waals surface area contributed by atoms with Gasteiger partial charge in [0.05, 0.1) is 21.3 Å². The molecule has 0 saturated heterocycles. The van der Waals surface area contributed by atoms with Crippen molar-refractivity contribution in [2.75, 3.05) is 21.3 Å². The monoisotopic (exact) mass is 468 g/mol. The normalized spacial score (nSPS) is 10.6. The van der Waals surface area contributed by atoms with Crippen LogP contribution >= 0.6 is 0 Å². The van der Waals surface area contributed by atoms with Gasteiger partial charge in [-0.15, -0.1) is 0 Å². The molecule has 0 N–H and O–H groups in total. The van der Waals surface area contributed by atoms with E-state index in [4.69, 9.17) is 18.9 Å². The van der Waals surface area contributed by atoms with Crippen LogP contribution in [0.4, 0.5) is 0 Å². The van der Waals surface area contributed by atoms with Gasteiger partial charge in [-0.3, -0.25) is 0 Å². The highest BCUT2D eigenvalue weighted by atomic mass is 16.5. The van der Waals surface area contributed by atoms with Crippen molar-refractivity contribution in [2.45, 2.75) is 25.7 Å². The van der Waals surface area contributed by atoms with Crippen LogP contribution in [0, 0.1) is 0 Å². The lowest BCUT2D eigenvalue weighted by Gasteiger charge is -2.11. The fourth-order valence-corrected chi connectivity index (χ4v) is 4.05. The summed E-state index contributed by atoms with van der Waals surface area (Å²) in [7, 11) is 5.04. The molecule has 4 aromatic rings. The van der Waals surface area contributed by atoms with E-state index in [1.165, 1.54) is 22.3 Å². The van der Waals surface area contributed by atoms with Gasteiger partial charge in [0.15, 0.2) is 0 Å². The number of rotatable bonds is 11. The minimum Gasteiger partial charge on any atom is -0.497 e. The summed E-state index contributed by atoms with van der Waals surface area (Å²) in [5.41, 5.74) is 4.94. The third kappa shape index (κ3) is 7.03. The topological polar surface area (TPSA) is 36.9 Å². The first-order chi connectivity index (χ1) is 17.1. The first kappa shape index (κ1) is 24.2. The predicted octanol–water partition coefficient (Wildman–Crippen LogP) is 7.08. The van der Waals surface area contributed by atoms with Crippen LogP contribution in [0.5, 0.6) is 28.7 Å². The van der Waals surface area contributed by atoms with Crippen molar-refractivity contribution in [3.05, 3.63) is 113 Å². The van der Waals surface area contributed by atoms with E-state index in [-0.39, 0.29) is 0 Å². The van der Waals surface area contributed by atoms with Gasteiger partial charge in [0.1, 0.15) is 28.7 Å². The maximum Gasteiger partial charge on any atom is 0.127 e. The van der Waals surface area contributed by atoms with Crippen LogP contribution in [-0.2, 0) is 25.7 Å². The molecular formula is C31H32O4. The highest BCUT2D eigenvalue weighted by molar-refractivity contribution is 5.40. The van der Waals surface area contributed by atoms with Gasteiger partial charge < -0.3 is 18.9 Å². The summed E-state index contributed by atoms with van der Waals surface area (Å²) in [5, 5.41) is 0. The highest BCUT2D eigenvalue weighted by Crippen LogP contribution is 2.26. The lowest BCUT2D eigenvalue weighted by molar-refractivity contribution is 0.393. The molecule has 0 aromatic heterocycles. The number of hydrogen-bond acceptors (Lipinski definition) is 4. The molecule has 0 amide bonds. The first-order valence-electron chi connectivity index (χ1n) is 11.9. The average Bonchev–Trinajstić information content (AvgIpc) is 2.91. The quantitative estimate of drug-likeness (QED) is 0.236. The molecule has 4 heteroatoms. The van der Waals surface area contributed by atoms with Gasteiger partial charge in [-0.2, -0.15) is 0 Å². The van der Waals surface area contributed by atoms with Crippen LogP contribution < -0.4 is 18.9 Å². The maximum atomic E-state index is 6.21. The van der Waals surface area contributed by atoms with Crippen LogP contribution in [0.3, 0.4) is 0 Å². The van der Waals surface area contributed by atoms with Crippen molar-refractivity contribution in [1.29, 1.82) is 0 Å². The van der Waals surface area contributed by atoms with Gasteiger partial charge >= 0.3 is 0 Å². The summed E-state index contributed by atoms with van der Waals surface area (Å²) in [4.78, 5) is 0. The fraction of sp³-hybridized carbons (Fsp3) is 0.226. The van der Waals surface area contributed by atoms with Crippen LogP contribution in [0.2, 0.25) is 0 Å². The molecule has 4 aromatic carbocycles. The zero-order chi connectivity index (χ0) is 24.5. The van der Waals surface area contributed by atoms with Gasteiger partial charge in [-0.1, -0.05) is 36.4 Å². The molecule has 0 bridgehead atoms. The molecule has 0 unspecified atom stereocenters. The van der Waals surface area contributed by atoms with Crippen LogP contribution in [0.1, 0.15) is 22.3 Å². The molecule has 0 aliphatic carbocycles. The number of ether oxygens (including phenoxy) is 4.